The van der Waals surface area contributed by atoms with Gasteiger partial charge in [-0.05, 0) is 49.1 Å². The number of nitrogens with zero attached hydrogens (tertiary/aromatic N) is 3. The van der Waals surface area contributed by atoms with Crippen molar-refractivity contribution in [3.63, 3.8) is 0 Å². The highest BCUT2D eigenvalue weighted by Gasteiger charge is 2.27. The van der Waals surface area contributed by atoms with Gasteiger partial charge in [0.15, 0.2) is 5.78 Å². The Morgan fingerprint density at radius 3 is 2.26 bits per heavy atom. The molecule has 0 N–H and O–H groups in total. The number of aromatic nitrogens is 3. The molecule has 0 fully saturated rings. The van der Waals surface area contributed by atoms with Crippen LogP contribution in [0.15, 0.2) is 46.3 Å². The number of rotatable bonds is 5. The van der Waals surface area contributed by atoms with Crippen LogP contribution in [0.25, 0.3) is 5.69 Å². The molecule has 0 bridgehead atoms. The van der Waals surface area contributed by atoms with Gasteiger partial charge >= 0.3 is 0 Å². The van der Waals surface area contributed by atoms with Crippen molar-refractivity contribution in [2.45, 2.75) is 50.0 Å². The summed E-state index contributed by atoms with van der Waals surface area (Å²) in [7, 11) is -2.45. The third kappa shape index (κ3) is 4.22. The van der Waals surface area contributed by atoms with Crippen LogP contribution >= 0.6 is 11.6 Å². The Hall–Kier alpha value is -2.71. The first-order valence-corrected chi connectivity index (χ1v) is 11.4. The molecule has 0 saturated carbocycles. The summed E-state index contributed by atoms with van der Waals surface area (Å²) in [6.07, 6.45) is 0. The Bertz CT molecular complexity index is 1260. The zero-order valence-corrected chi connectivity index (χ0v) is 19.8. The molecule has 0 aliphatic heterocycles. The summed E-state index contributed by atoms with van der Waals surface area (Å²) < 4.78 is 33.1. The van der Waals surface area contributed by atoms with Crippen LogP contribution in [-0.2, 0) is 15.3 Å². The predicted molar refractivity (Wildman–Crippen MR) is 118 cm³/mol. The normalized spacial score (nSPS) is 12.1. The second-order valence-electron chi connectivity index (χ2n) is 8.23. The standard InChI is InChI=1S/C22H24ClN3O4S/c1-13-21(31(28,29)16-9-7-15(8-10-16)22(3,4)5)24-25-26(13)19-12-18(23)17(14(2)27)11-20(19)30-6/h7-12H,1-6H3. The number of Topliss-reactive ketones (excluding diaryl/α,β-unsaturated/α-hetero) is 1. The van der Waals surface area contributed by atoms with Crippen molar-refractivity contribution in [2.24, 2.45) is 0 Å². The minimum atomic E-state index is -3.89. The molecule has 0 atom stereocenters. The lowest BCUT2D eigenvalue weighted by molar-refractivity contribution is 0.101. The number of carbonyl (C=O) groups excluding carboxylic acids is 1. The Morgan fingerprint density at radius 1 is 1.13 bits per heavy atom. The predicted octanol–water partition coefficient (Wildman–Crippen LogP) is 4.57. The maximum Gasteiger partial charge on any atom is 0.227 e. The van der Waals surface area contributed by atoms with E-state index in [9.17, 15) is 13.2 Å². The lowest BCUT2D eigenvalue weighted by Crippen LogP contribution is -2.12. The van der Waals surface area contributed by atoms with Crippen molar-refractivity contribution in [3.05, 3.63) is 58.2 Å². The van der Waals surface area contributed by atoms with E-state index in [1.165, 1.54) is 30.8 Å². The Balaban J connectivity index is 2.10. The van der Waals surface area contributed by atoms with Crippen molar-refractivity contribution in [2.75, 3.05) is 7.11 Å². The van der Waals surface area contributed by atoms with E-state index < -0.39 is 9.84 Å². The molecular formula is C22H24ClN3O4S. The Kier molecular flexibility index (Phi) is 5.99. The first kappa shape index (κ1) is 23.0. The smallest absolute Gasteiger partial charge is 0.227 e. The van der Waals surface area contributed by atoms with Crippen molar-refractivity contribution >= 4 is 27.2 Å². The molecule has 0 spiro atoms. The topological polar surface area (TPSA) is 91.2 Å². The summed E-state index contributed by atoms with van der Waals surface area (Å²) in [5.74, 6) is 0.105. The summed E-state index contributed by atoms with van der Waals surface area (Å²) in [6, 6.07) is 9.76. The van der Waals surface area contributed by atoms with Gasteiger partial charge in [-0.25, -0.2) is 13.1 Å². The number of hydrogen-bond donors (Lipinski definition) is 0. The number of ketones is 1. The molecule has 31 heavy (non-hydrogen) atoms. The molecular weight excluding hydrogens is 438 g/mol. The van der Waals surface area contributed by atoms with Crippen LogP contribution < -0.4 is 4.74 Å². The van der Waals surface area contributed by atoms with Crippen LogP contribution in [0.3, 0.4) is 0 Å². The van der Waals surface area contributed by atoms with Crippen LogP contribution in [0.4, 0.5) is 0 Å². The second kappa shape index (κ2) is 8.09. The first-order valence-electron chi connectivity index (χ1n) is 9.54. The van der Waals surface area contributed by atoms with Crippen molar-refractivity contribution in [3.8, 4) is 11.4 Å². The molecule has 0 radical (unpaired) electrons. The van der Waals surface area contributed by atoms with Crippen LogP contribution in [0, 0.1) is 6.92 Å². The second-order valence-corrected chi connectivity index (χ2v) is 10.5. The average Bonchev–Trinajstić information content (AvgIpc) is 3.09. The highest BCUT2D eigenvalue weighted by molar-refractivity contribution is 7.91. The molecule has 0 amide bonds. The van der Waals surface area contributed by atoms with Crippen LogP contribution in [-0.4, -0.2) is 36.3 Å². The maximum absolute atomic E-state index is 13.2. The molecule has 1 heterocycles. The summed E-state index contributed by atoms with van der Waals surface area (Å²) in [5.41, 5.74) is 1.91. The fourth-order valence-electron chi connectivity index (χ4n) is 3.18. The quantitative estimate of drug-likeness (QED) is 0.517. The minimum Gasteiger partial charge on any atom is -0.494 e. The number of hydrogen-bond acceptors (Lipinski definition) is 6. The van der Waals surface area contributed by atoms with E-state index in [0.29, 0.717) is 22.7 Å². The first-order chi connectivity index (χ1) is 14.4. The van der Waals surface area contributed by atoms with Crippen LogP contribution in [0.5, 0.6) is 5.75 Å². The fourth-order valence-corrected chi connectivity index (χ4v) is 4.81. The van der Waals surface area contributed by atoms with Crippen molar-refractivity contribution < 1.29 is 17.9 Å². The van der Waals surface area contributed by atoms with Gasteiger partial charge < -0.3 is 4.74 Å². The van der Waals surface area contributed by atoms with Gasteiger partial charge in [0.05, 0.1) is 22.7 Å². The van der Waals surface area contributed by atoms with Gasteiger partial charge in [-0.2, -0.15) is 0 Å². The molecule has 9 heteroatoms. The number of benzene rings is 2. The molecule has 0 aliphatic carbocycles. The molecule has 2 aromatic carbocycles. The van der Waals surface area contributed by atoms with Gasteiger partial charge in [0.1, 0.15) is 11.4 Å². The molecule has 3 rings (SSSR count). The molecule has 164 valence electrons. The SMILES string of the molecule is COc1cc(C(C)=O)c(Cl)cc1-n1nnc(S(=O)(=O)c2ccc(C(C)(C)C)cc2)c1C. The van der Waals surface area contributed by atoms with E-state index in [2.05, 4.69) is 31.1 Å². The van der Waals surface area contributed by atoms with Gasteiger partial charge in [0.25, 0.3) is 0 Å². The number of carbonyl (C=O) groups is 1. The molecule has 0 unspecified atom stereocenters. The number of methoxy groups -OCH3 is 1. The summed E-state index contributed by atoms with van der Waals surface area (Å²) in [6.45, 7) is 9.17. The summed E-state index contributed by atoms with van der Waals surface area (Å²) >= 11 is 6.24. The van der Waals surface area contributed by atoms with E-state index in [0.717, 1.165) is 5.56 Å². The molecule has 0 saturated heterocycles. The number of halogens is 1. The maximum atomic E-state index is 13.2. The zero-order chi connectivity index (χ0) is 23.1. The summed E-state index contributed by atoms with van der Waals surface area (Å²) in [5, 5.41) is 8.00. The monoisotopic (exact) mass is 461 g/mol. The molecule has 3 aromatic rings. The molecule has 1 aromatic heterocycles. The Morgan fingerprint density at radius 2 is 1.74 bits per heavy atom. The van der Waals surface area contributed by atoms with Crippen molar-refractivity contribution in [1.29, 1.82) is 0 Å². The van der Waals surface area contributed by atoms with Crippen molar-refractivity contribution in [1.82, 2.24) is 15.0 Å². The molecule has 7 nitrogen and oxygen atoms in total. The average molecular weight is 462 g/mol. The van der Waals surface area contributed by atoms with E-state index in [1.807, 2.05) is 0 Å². The number of ether oxygens (including phenoxy) is 1. The molecule has 0 aliphatic rings. The third-order valence-corrected chi connectivity index (χ3v) is 7.11. The minimum absolute atomic E-state index is 0.0940. The lowest BCUT2D eigenvalue weighted by Gasteiger charge is -2.19. The van der Waals surface area contributed by atoms with Gasteiger partial charge in [-0.15, -0.1) is 5.10 Å². The van der Waals surface area contributed by atoms with E-state index >= 15 is 0 Å². The van der Waals surface area contributed by atoms with Crippen LogP contribution in [0.2, 0.25) is 5.02 Å². The zero-order valence-electron chi connectivity index (χ0n) is 18.2. The lowest BCUT2D eigenvalue weighted by atomic mass is 9.87. The van der Waals surface area contributed by atoms with E-state index in [1.54, 1.807) is 31.2 Å². The third-order valence-electron chi connectivity index (χ3n) is 5.01. The fraction of sp³-hybridized carbons (Fsp3) is 0.318. The highest BCUT2D eigenvalue weighted by atomic mass is 35.5. The van der Waals surface area contributed by atoms with Gasteiger partial charge in [-0.1, -0.05) is 49.7 Å². The van der Waals surface area contributed by atoms with Gasteiger partial charge in [-0.3, -0.25) is 4.79 Å². The van der Waals surface area contributed by atoms with Gasteiger partial charge in [0.2, 0.25) is 14.9 Å². The number of sulfone groups is 1. The van der Waals surface area contributed by atoms with Gasteiger partial charge in [0, 0.05) is 5.56 Å². The highest BCUT2D eigenvalue weighted by Crippen LogP contribution is 2.33. The largest absolute Gasteiger partial charge is 0.494 e. The van der Waals surface area contributed by atoms with E-state index in [4.69, 9.17) is 16.3 Å². The van der Waals surface area contributed by atoms with E-state index in [-0.39, 0.29) is 26.1 Å². The Labute approximate surface area is 186 Å². The van der Waals surface area contributed by atoms with Crippen LogP contribution in [0.1, 0.15) is 49.3 Å². The summed E-state index contributed by atoms with van der Waals surface area (Å²) in [4.78, 5) is 11.9.